The van der Waals surface area contributed by atoms with Gasteiger partial charge in [-0.15, -0.1) is 0 Å². The molecule has 0 saturated heterocycles. The Bertz CT molecular complexity index is 1070. The predicted molar refractivity (Wildman–Crippen MR) is 126 cm³/mol. The van der Waals surface area contributed by atoms with Gasteiger partial charge in [0.25, 0.3) is 0 Å². The maximum Gasteiger partial charge on any atom is 0.221 e. The molecule has 3 aromatic rings. The summed E-state index contributed by atoms with van der Waals surface area (Å²) in [7, 11) is 0. The molecule has 0 atom stereocenters. The molecule has 0 fully saturated rings. The molecule has 2 N–H and O–H groups in total. The summed E-state index contributed by atoms with van der Waals surface area (Å²) >= 11 is 12.5. The molecule has 3 rings (SSSR count). The third-order valence-corrected chi connectivity index (χ3v) is 5.13. The van der Waals surface area contributed by atoms with E-state index in [1.54, 1.807) is 12.1 Å². The third kappa shape index (κ3) is 6.28. The highest BCUT2D eigenvalue weighted by Crippen LogP contribution is 2.38. The highest BCUT2D eigenvalue weighted by atomic mass is 35.5. The van der Waals surface area contributed by atoms with E-state index in [4.69, 9.17) is 32.7 Å². The zero-order chi connectivity index (χ0) is 23.1. The van der Waals surface area contributed by atoms with Crippen LogP contribution < -0.4 is 20.1 Å². The highest BCUT2D eigenvalue weighted by molar-refractivity contribution is 6.32. The summed E-state index contributed by atoms with van der Waals surface area (Å²) in [6, 6.07) is 15.4. The second kappa shape index (κ2) is 11.1. The fraction of sp³-hybridized carbons (Fsp3) is 0.208. The zero-order valence-electron chi connectivity index (χ0n) is 17.7. The van der Waals surface area contributed by atoms with Crippen LogP contribution in [-0.4, -0.2) is 12.5 Å². The maximum absolute atomic E-state index is 14.1. The van der Waals surface area contributed by atoms with Crippen LogP contribution in [0.1, 0.15) is 25.0 Å². The summed E-state index contributed by atoms with van der Waals surface area (Å²) in [6.07, 6.45) is 0. The van der Waals surface area contributed by atoms with E-state index in [2.05, 4.69) is 10.6 Å². The van der Waals surface area contributed by atoms with Crippen LogP contribution >= 0.6 is 23.2 Å². The van der Waals surface area contributed by atoms with Crippen molar-refractivity contribution in [1.82, 2.24) is 0 Å². The van der Waals surface area contributed by atoms with Crippen molar-refractivity contribution in [3.8, 4) is 11.5 Å². The fourth-order valence-corrected chi connectivity index (χ4v) is 3.53. The van der Waals surface area contributed by atoms with Gasteiger partial charge in [-0.1, -0.05) is 29.3 Å². The van der Waals surface area contributed by atoms with Crippen molar-refractivity contribution in [1.29, 1.82) is 0 Å². The van der Waals surface area contributed by atoms with E-state index >= 15 is 0 Å². The molecule has 32 heavy (non-hydrogen) atoms. The summed E-state index contributed by atoms with van der Waals surface area (Å²) in [5, 5.41) is 6.65. The summed E-state index contributed by atoms with van der Waals surface area (Å²) in [5.41, 5.74) is 2.73. The average Bonchev–Trinajstić information content (AvgIpc) is 2.74. The Morgan fingerprint density at radius 3 is 2.38 bits per heavy atom. The van der Waals surface area contributed by atoms with E-state index in [1.807, 2.05) is 37.3 Å². The Hall–Kier alpha value is -2.96. The molecule has 1 amide bonds. The Morgan fingerprint density at radius 1 is 1.00 bits per heavy atom. The monoisotopic (exact) mass is 476 g/mol. The second-order valence-electron chi connectivity index (χ2n) is 6.94. The molecule has 8 heteroatoms. The number of ether oxygens (including phenoxy) is 2. The molecule has 0 aliphatic heterocycles. The number of carbonyl (C=O) groups excluding carboxylic acids is 1. The van der Waals surface area contributed by atoms with Gasteiger partial charge in [0.1, 0.15) is 12.4 Å². The SMILES string of the molecule is CCOc1cc(CNc2ccc(NC(C)=O)cc2)cc(Cl)c1OCc1c(F)cccc1Cl. The normalized spacial score (nSPS) is 10.5. The van der Waals surface area contributed by atoms with Gasteiger partial charge in [0.05, 0.1) is 16.7 Å². The first kappa shape index (κ1) is 23.7. The smallest absolute Gasteiger partial charge is 0.221 e. The second-order valence-corrected chi connectivity index (χ2v) is 7.75. The van der Waals surface area contributed by atoms with Crippen molar-refractivity contribution in [2.45, 2.75) is 27.0 Å². The number of rotatable bonds is 9. The van der Waals surface area contributed by atoms with Gasteiger partial charge in [0.2, 0.25) is 5.91 Å². The van der Waals surface area contributed by atoms with Crippen LogP contribution in [0.4, 0.5) is 15.8 Å². The number of anilines is 2. The molecule has 0 unspecified atom stereocenters. The molecule has 0 aliphatic rings. The van der Waals surface area contributed by atoms with E-state index in [9.17, 15) is 9.18 Å². The number of carbonyl (C=O) groups is 1. The average molecular weight is 477 g/mol. The van der Waals surface area contributed by atoms with E-state index in [0.29, 0.717) is 29.7 Å². The first-order valence-electron chi connectivity index (χ1n) is 9.99. The van der Waals surface area contributed by atoms with Crippen molar-refractivity contribution in [2.75, 3.05) is 17.2 Å². The molecule has 5 nitrogen and oxygen atoms in total. The molecule has 0 radical (unpaired) electrons. The zero-order valence-corrected chi connectivity index (χ0v) is 19.2. The van der Waals surface area contributed by atoms with Gasteiger partial charge in [0.15, 0.2) is 11.5 Å². The van der Waals surface area contributed by atoms with Crippen molar-refractivity contribution < 1.29 is 18.7 Å². The van der Waals surface area contributed by atoms with Gasteiger partial charge in [-0.2, -0.15) is 0 Å². The van der Waals surface area contributed by atoms with E-state index in [-0.39, 0.29) is 23.1 Å². The Morgan fingerprint density at radius 2 is 1.72 bits per heavy atom. The number of amides is 1. The molecule has 0 aromatic heterocycles. The predicted octanol–water partition coefficient (Wildman–Crippen LogP) is 6.68. The van der Waals surface area contributed by atoms with E-state index in [1.165, 1.54) is 19.1 Å². The minimum atomic E-state index is -0.447. The largest absolute Gasteiger partial charge is 0.490 e. The van der Waals surface area contributed by atoms with Gasteiger partial charge < -0.3 is 20.1 Å². The lowest BCUT2D eigenvalue weighted by molar-refractivity contribution is -0.114. The lowest BCUT2D eigenvalue weighted by atomic mass is 10.2. The molecular weight excluding hydrogens is 454 g/mol. The van der Waals surface area contributed by atoms with Crippen LogP contribution in [0.2, 0.25) is 10.0 Å². The molecule has 0 saturated carbocycles. The molecule has 0 spiro atoms. The lowest BCUT2D eigenvalue weighted by Crippen LogP contribution is -2.06. The van der Waals surface area contributed by atoms with E-state index < -0.39 is 5.82 Å². The molecule has 0 heterocycles. The lowest BCUT2D eigenvalue weighted by Gasteiger charge is -2.16. The van der Waals surface area contributed by atoms with E-state index in [0.717, 1.165) is 16.9 Å². The Balaban J connectivity index is 1.72. The Kier molecular flexibility index (Phi) is 8.20. The number of hydrogen-bond donors (Lipinski definition) is 2. The van der Waals surface area contributed by atoms with Crippen LogP contribution in [0.3, 0.4) is 0 Å². The van der Waals surface area contributed by atoms with Crippen molar-refractivity contribution >= 4 is 40.5 Å². The minimum Gasteiger partial charge on any atom is -0.490 e. The van der Waals surface area contributed by atoms with Gasteiger partial charge in [-0.25, -0.2) is 4.39 Å². The van der Waals surface area contributed by atoms with Crippen LogP contribution in [0.5, 0.6) is 11.5 Å². The number of nitrogens with one attached hydrogen (secondary N) is 2. The molecule has 0 bridgehead atoms. The molecule has 0 aliphatic carbocycles. The number of benzene rings is 3. The van der Waals surface area contributed by atoms with Crippen LogP contribution in [0.15, 0.2) is 54.6 Å². The highest BCUT2D eigenvalue weighted by Gasteiger charge is 2.15. The summed E-state index contributed by atoms with van der Waals surface area (Å²) < 4.78 is 25.6. The third-order valence-electron chi connectivity index (χ3n) is 4.49. The first-order chi connectivity index (χ1) is 15.4. The van der Waals surface area contributed by atoms with Crippen LogP contribution in [0.25, 0.3) is 0 Å². The van der Waals surface area contributed by atoms with Crippen LogP contribution in [-0.2, 0) is 17.9 Å². The Labute approximate surface area is 196 Å². The summed E-state index contributed by atoms with van der Waals surface area (Å²) in [5.74, 6) is 0.224. The van der Waals surface area contributed by atoms with Gasteiger partial charge in [0, 0.05) is 30.4 Å². The summed E-state index contributed by atoms with van der Waals surface area (Å²) in [4.78, 5) is 11.1. The van der Waals surface area contributed by atoms with Crippen molar-refractivity contribution in [3.63, 3.8) is 0 Å². The fourth-order valence-electron chi connectivity index (χ4n) is 3.02. The van der Waals surface area contributed by atoms with Gasteiger partial charge in [-0.05, 0) is 61.0 Å². The number of hydrogen-bond acceptors (Lipinski definition) is 4. The maximum atomic E-state index is 14.1. The molecule has 3 aromatic carbocycles. The van der Waals surface area contributed by atoms with Crippen molar-refractivity contribution in [3.05, 3.63) is 81.6 Å². The quantitative estimate of drug-likeness (QED) is 0.361. The first-order valence-corrected chi connectivity index (χ1v) is 10.8. The van der Waals surface area contributed by atoms with Crippen molar-refractivity contribution in [2.24, 2.45) is 0 Å². The van der Waals surface area contributed by atoms with Gasteiger partial charge in [-0.3, -0.25) is 4.79 Å². The minimum absolute atomic E-state index is 0.0798. The molecule has 168 valence electrons. The van der Waals surface area contributed by atoms with Gasteiger partial charge >= 0.3 is 0 Å². The van der Waals surface area contributed by atoms with Crippen LogP contribution in [0, 0.1) is 5.82 Å². The summed E-state index contributed by atoms with van der Waals surface area (Å²) in [6.45, 7) is 4.13. The number of halogens is 3. The molecular formula is C24H23Cl2FN2O3. The standard InChI is InChI=1S/C24H23Cl2FN2O3/c1-3-31-23-12-16(13-28-17-7-9-18(10-8-17)29-15(2)30)11-21(26)24(23)32-14-19-20(25)5-4-6-22(19)27/h4-12,28H,3,13-14H2,1-2H3,(H,29,30). The topological polar surface area (TPSA) is 59.6 Å².